The van der Waals surface area contributed by atoms with Gasteiger partial charge in [0.1, 0.15) is 11.6 Å². The van der Waals surface area contributed by atoms with Gasteiger partial charge in [0.05, 0.1) is 5.56 Å². The van der Waals surface area contributed by atoms with Gasteiger partial charge in [0.2, 0.25) is 5.91 Å². The maximum Gasteiger partial charge on any atom is 0.417 e. The van der Waals surface area contributed by atoms with Crippen molar-refractivity contribution in [2.24, 2.45) is 17.1 Å². The average molecular weight is 552 g/mol. The van der Waals surface area contributed by atoms with E-state index in [2.05, 4.69) is 27.1 Å². The fraction of sp³-hybridized carbons (Fsp3) is 0.452. The Morgan fingerprint density at radius 1 is 1.07 bits per heavy atom. The van der Waals surface area contributed by atoms with Crippen LogP contribution in [-0.4, -0.2) is 35.0 Å². The van der Waals surface area contributed by atoms with Crippen LogP contribution in [0.25, 0.3) is 11.1 Å². The van der Waals surface area contributed by atoms with Crippen molar-refractivity contribution in [2.45, 2.75) is 64.1 Å². The number of anilines is 2. The lowest BCUT2D eigenvalue weighted by Crippen LogP contribution is -2.45. The van der Waals surface area contributed by atoms with Crippen molar-refractivity contribution in [3.8, 4) is 11.1 Å². The molecule has 3 heterocycles. The van der Waals surface area contributed by atoms with Crippen LogP contribution >= 0.6 is 0 Å². The molecule has 40 heavy (non-hydrogen) atoms. The van der Waals surface area contributed by atoms with Gasteiger partial charge < -0.3 is 16.0 Å². The number of rotatable bonds is 7. The quantitative estimate of drug-likeness (QED) is 0.333. The molecule has 1 saturated carbocycles. The van der Waals surface area contributed by atoms with Crippen molar-refractivity contribution in [1.29, 1.82) is 0 Å². The van der Waals surface area contributed by atoms with Crippen LogP contribution in [0.1, 0.15) is 67.8 Å². The fourth-order valence-electron chi connectivity index (χ4n) is 6.42. The Morgan fingerprint density at radius 3 is 2.62 bits per heavy atom. The number of nitrogens with one attached hydrogen (secondary N) is 1. The molecule has 1 aliphatic carbocycles. The number of carbonyl (C=O) groups excluding carboxylic acids is 1. The van der Waals surface area contributed by atoms with E-state index >= 15 is 0 Å². The topological polar surface area (TPSA) is 84.1 Å². The number of primary amides is 1. The van der Waals surface area contributed by atoms with Crippen molar-refractivity contribution < 1.29 is 18.0 Å². The first kappa shape index (κ1) is 27.9. The van der Waals surface area contributed by atoms with Crippen LogP contribution in [0.4, 0.5) is 24.8 Å². The number of halogens is 3. The minimum atomic E-state index is -4.38. The molecule has 1 aliphatic heterocycles. The van der Waals surface area contributed by atoms with E-state index in [1.165, 1.54) is 12.5 Å². The molecular formula is C31H36F3N5O. The fourth-order valence-corrected chi connectivity index (χ4v) is 6.42. The summed E-state index contributed by atoms with van der Waals surface area (Å²) in [4.78, 5) is 22.5. The molecule has 2 fully saturated rings. The predicted molar refractivity (Wildman–Crippen MR) is 151 cm³/mol. The molecule has 2 aromatic heterocycles. The Morgan fingerprint density at radius 2 is 1.88 bits per heavy atom. The summed E-state index contributed by atoms with van der Waals surface area (Å²) in [6, 6.07) is 14.1. The molecule has 6 nitrogen and oxygen atoms in total. The molecule has 1 aromatic carbocycles. The number of aromatic nitrogens is 2. The third kappa shape index (κ3) is 6.57. The van der Waals surface area contributed by atoms with Gasteiger partial charge in [-0.1, -0.05) is 31.9 Å². The van der Waals surface area contributed by atoms with Crippen LogP contribution < -0.4 is 16.0 Å². The molecule has 0 spiro atoms. The number of pyridine rings is 2. The van der Waals surface area contributed by atoms with Gasteiger partial charge in [0, 0.05) is 37.1 Å². The molecule has 3 aromatic rings. The van der Waals surface area contributed by atoms with Crippen molar-refractivity contribution in [2.75, 3.05) is 23.3 Å². The zero-order valence-electron chi connectivity index (χ0n) is 22.8. The highest BCUT2D eigenvalue weighted by Gasteiger charge is 2.37. The highest BCUT2D eigenvalue weighted by atomic mass is 19.4. The molecule has 3 atom stereocenters. The van der Waals surface area contributed by atoms with E-state index in [0.29, 0.717) is 17.3 Å². The highest BCUT2D eigenvalue weighted by molar-refractivity contribution is 5.94. The second-order valence-electron chi connectivity index (χ2n) is 11.6. The van der Waals surface area contributed by atoms with E-state index < -0.39 is 17.6 Å². The minimum Gasteiger partial charge on any atom is -0.367 e. The SMILES string of the molecule is C[C@]1(C[C@@H]2CCCC[C@H]2Nc2cc(-c3cccc(C(N)=O)c3)ccn2)CCCN(c2ccc(C(F)(F)F)cn2)C1. The Balaban J connectivity index is 1.28. The molecule has 1 amide bonds. The van der Waals surface area contributed by atoms with Crippen molar-refractivity contribution in [3.63, 3.8) is 0 Å². The second kappa shape index (κ2) is 11.5. The Kier molecular flexibility index (Phi) is 8.01. The first-order valence-corrected chi connectivity index (χ1v) is 14.0. The van der Waals surface area contributed by atoms with E-state index in [9.17, 15) is 18.0 Å². The number of alkyl halides is 3. The molecule has 0 unspecified atom stereocenters. The maximum absolute atomic E-state index is 13.0. The van der Waals surface area contributed by atoms with Gasteiger partial charge in [-0.15, -0.1) is 0 Å². The number of nitrogens with two attached hydrogens (primary N) is 1. The van der Waals surface area contributed by atoms with E-state index in [4.69, 9.17) is 5.73 Å². The molecule has 0 bridgehead atoms. The lowest BCUT2D eigenvalue weighted by molar-refractivity contribution is -0.137. The van der Waals surface area contributed by atoms with E-state index in [-0.39, 0.29) is 11.5 Å². The Labute approximate surface area is 233 Å². The molecule has 5 rings (SSSR count). The molecule has 3 N–H and O–H groups in total. The van der Waals surface area contributed by atoms with Gasteiger partial charge in [-0.2, -0.15) is 13.2 Å². The number of nitrogens with zero attached hydrogens (tertiary/aromatic N) is 3. The first-order valence-electron chi connectivity index (χ1n) is 14.0. The van der Waals surface area contributed by atoms with Crippen LogP contribution in [0.3, 0.4) is 0 Å². The number of benzene rings is 1. The zero-order valence-corrected chi connectivity index (χ0v) is 22.8. The lowest BCUT2D eigenvalue weighted by atomic mass is 9.70. The average Bonchev–Trinajstić information content (AvgIpc) is 2.94. The monoisotopic (exact) mass is 551 g/mol. The summed E-state index contributed by atoms with van der Waals surface area (Å²) in [5, 5.41) is 3.71. The number of hydrogen-bond acceptors (Lipinski definition) is 5. The maximum atomic E-state index is 13.0. The van der Waals surface area contributed by atoms with Gasteiger partial charge >= 0.3 is 6.18 Å². The first-order chi connectivity index (χ1) is 19.1. The van der Waals surface area contributed by atoms with Crippen molar-refractivity contribution >= 4 is 17.5 Å². The van der Waals surface area contributed by atoms with E-state index in [1.807, 2.05) is 24.3 Å². The largest absolute Gasteiger partial charge is 0.417 e. The van der Waals surface area contributed by atoms with Crippen LogP contribution in [0.5, 0.6) is 0 Å². The molecule has 1 saturated heterocycles. The van der Waals surface area contributed by atoms with Crippen LogP contribution in [0.2, 0.25) is 0 Å². The molecular weight excluding hydrogens is 515 g/mol. The Hall–Kier alpha value is -3.62. The molecule has 2 aliphatic rings. The molecule has 0 radical (unpaired) electrons. The summed E-state index contributed by atoms with van der Waals surface area (Å²) >= 11 is 0. The highest BCUT2D eigenvalue weighted by Crippen LogP contribution is 2.42. The third-order valence-corrected chi connectivity index (χ3v) is 8.42. The van der Waals surface area contributed by atoms with Crippen LogP contribution in [0.15, 0.2) is 60.9 Å². The van der Waals surface area contributed by atoms with Gasteiger partial charge in [-0.3, -0.25) is 4.79 Å². The van der Waals surface area contributed by atoms with E-state index in [0.717, 1.165) is 80.8 Å². The standard InChI is InChI=1S/C31H36F3N5O/c1-30(13-5-15-39(20-30)28-11-10-25(19-37-28)31(32,33)34)18-24-6-2-3-9-26(24)38-27-17-22(12-14-36-27)21-7-4-8-23(16-21)29(35)40/h4,7-8,10-12,14,16-17,19,24,26H,2-3,5-6,9,13,15,18,20H2,1H3,(H2,35,40)(H,36,38)/t24-,26+,30+/m0/s1. The summed E-state index contributed by atoms with van der Waals surface area (Å²) in [6.07, 6.45) is 5.98. The van der Waals surface area contributed by atoms with Gasteiger partial charge in [0.15, 0.2) is 0 Å². The minimum absolute atomic E-state index is 0.0367. The normalized spacial score (nSPS) is 23.6. The summed E-state index contributed by atoms with van der Waals surface area (Å²) in [7, 11) is 0. The summed E-state index contributed by atoms with van der Waals surface area (Å²) in [5.41, 5.74) is 7.13. The summed E-state index contributed by atoms with van der Waals surface area (Å²) in [6.45, 7) is 3.88. The number of carbonyl (C=O) groups is 1. The van der Waals surface area contributed by atoms with Gasteiger partial charge in [0.25, 0.3) is 0 Å². The van der Waals surface area contributed by atoms with Crippen LogP contribution in [-0.2, 0) is 6.18 Å². The lowest BCUT2D eigenvalue weighted by Gasteiger charge is -2.45. The second-order valence-corrected chi connectivity index (χ2v) is 11.6. The zero-order chi connectivity index (χ0) is 28.3. The predicted octanol–water partition coefficient (Wildman–Crippen LogP) is 6.93. The van der Waals surface area contributed by atoms with Crippen molar-refractivity contribution in [1.82, 2.24) is 9.97 Å². The number of piperidine rings is 1. The smallest absolute Gasteiger partial charge is 0.367 e. The van der Waals surface area contributed by atoms with Gasteiger partial charge in [-0.25, -0.2) is 9.97 Å². The van der Waals surface area contributed by atoms with Crippen LogP contribution in [0, 0.1) is 11.3 Å². The van der Waals surface area contributed by atoms with Gasteiger partial charge in [-0.05, 0) is 91.0 Å². The molecule has 9 heteroatoms. The summed E-state index contributed by atoms with van der Waals surface area (Å²) in [5.74, 6) is 1.42. The number of amides is 1. The van der Waals surface area contributed by atoms with E-state index in [1.54, 1.807) is 18.3 Å². The molecule has 212 valence electrons. The Bertz CT molecular complexity index is 1330. The summed E-state index contributed by atoms with van der Waals surface area (Å²) < 4.78 is 39.0. The third-order valence-electron chi connectivity index (χ3n) is 8.42. The number of hydrogen-bond donors (Lipinski definition) is 2. The van der Waals surface area contributed by atoms with Crippen molar-refractivity contribution in [3.05, 3.63) is 72.1 Å².